The summed E-state index contributed by atoms with van der Waals surface area (Å²) in [4.78, 5) is 11.0. The van der Waals surface area contributed by atoms with E-state index < -0.39 is 5.97 Å². The van der Waals surface area contributed by atoms with Crippen LogP contribution in [0, 0.1) is 3.57 Å². The van der Waals surface area contributed by atoms with Crippen LogP contribution in [0.5, 0.6) is 11.5 Å². The molecule has 1 N–H and O–H groups in total. The second-order valence-corrected chi connectivity index (χ2v) is 3.97. The van der Waals surface area contributed by atoms with E-state index in [0.717, 1.165) is 3.57 Å². The fourth-order valence-electron chi connectivity index (χ4n) is 1.20. The zero-order valence-electron chi connectivity index (χ0n) is 8.41. The van der Waals surface area contributed by atoms with Gasteiger partial charge in [-0.05, 0) is 41.6 Å². The highest BCUT2D eigenvalue weighted by molar-refractivity contribution is 14.1. The maximum absolute atomic E-state index is 11.0. The third kappa shape index (κ3) is 2.74. The molecule has 0 aliphatic carbocycles. The molecule has 0 unspecified atom stereocenters. The molecule has 1 aromatic carbocycles. The van der Waals surface area contributed by atoms with Gasteiger partial charge in [0, 0.05) is 3.57 Å². The van der Waals surface area contributed by atoms with E-state index in [1.807, 2.05) is 29.5 Å². The highest BCUT2D eigenvalue weighted by Gasteiger charge is 2.17. The third-order valence-electron chi connectivity index (χ3n) is 1.75. The zero-order valence-corrected chi connectivity index (χ0v) is 10.6. The number of carboxylic acids is 1. The Labute approximate surface area is 101 Å². The standard InChI is InChI=1S/C10H11IO4/c1-3-15-8-5-6(11)4-7(10(12)13)9(8)14-2/h4-5H,3H2,1-2H3,(H,12,13). The minimum atomic E-state index is -1.02. The quantitative estimate of drug-likeness (QED) is 0.865. The molecule has 15 heavy (non-hydrogen) atoms. The summed E-state index contributed by atoms with van der Waals surface area (Å²) in [7, 11) is 1.43. The van der Waals surface area contributed by atoms with E-state index in [1.165, 1.54) is 7.11 Å². The Kier molecular flexibility index (Phi) is 4.19. The molecule has 0 atom stereocenters. The van der Waals surface area contributed by atoms with E-state index in [0.29, 0.717) is 12.4 Å². The fourth-order valence-corrected chi connectivity index (χ4v) is 1.79. The lowest BCUT2D eigenvalue weighted by Crippen LogP contribution is -2.04. The fraction of sp³-hybridized carbons (Fsp3) is 0.300. The second-order valence-electron chi connectivity index (χ2n) is 2.72. The first-order valence-corrected chi connectivity index (χ1v) is 5.41. The van der Waals surface area contributed by atoms with Crippen molar-refractivity contribution in [2.24, 2.45) is 0 Å². The normalized spacial score (nSPS) is 9.80. The van der Waals surface area contributed by atoms with Gasteiger partial charge in [0.05, 0.1) is 13.7 Å². The van der Waals surface area contributed by atoms with Crippen LogP contribution in [0.2, 0.25) is 0 Å². The van der Waals surface area contributed by atoms with Crippen molar-refractivity contribution in [3.8, 4) is 11.5 Å². The number of aromatic carboxylic acids is 1. The first-order valence-electron chi connectivity index (χ1n) is 4.33. The van der Waals surface area contributed by atoms with Gasteiger partial charge in [0.1, 0.15) is 5.56 Å². The Hall–Kier alpha value is -0.980. The molecule has 0 saturated heterocycles. The minimum Gasteiger partial charge on any atom is -0.492 e. The lowest BCUT2D eigenvalue weighted by atomic mass is 10.2. The molecule has 5 heteroatoms. The SMILES string of the molecule is CCOc1cc(I)cc(C(=O)O)c1OC. The summed E-state index contributed by atoms with van der Waals surface area (Å²) in [6, 6.07) is 3.29. The zero-order chi connectivity index (χ0) is 11.4. The number of methoxy groups -OCH3 is 1. The number of carbonyl (C=O) groups is 1. The highest BCUT2D eigenvalue weighted by atomic mass is 127. The average molecular weight is 322 g/mol. The number of ether oxygens (including phenoxy) is 2. The van der Waals surface area contributed by atoms with Crippen molar-refractivity contribution in [1.29, 1.82) is 0 Å². The molecule has 0 radical (unpaired) electrons. The van der Waals surface area contributed by atoms with Gasteiger partial charge in [0.25, 0.3) is 0 Å². The van der Waals surface area contributed by atoms with Crippen LogP contribution < -0.4 is 9.47 Å². The van der Waals surface area contributed by atoms with Gasteiger partial charge in [0.2, 0.25) is 0 Å². The Morgan fingerprint density at radius 2 is 2.20 bits per heavy atom. The number of halogens is 1. The Morgan fingerprint density at radius 1 is 1.53 bits per heavy atom. The molecule has 0 amide bonds. The summed E-state index contributed by atoms with van der Waals surface area (Å²) < 4.78 is 11.1. The summed E-state index contributed by atoms with van der Waals surface area (Å²) in [6.45, 7) is 2.30. The summed E-state index contributed by atoms with van der Waals surface area (Å²) >= 11 is 2.04. The van der Waals surface area contributed by atoms with Crippen molar-refractivity contribution in [3.05, 3.63) is 21.3 Å². The highest BCUT2D eigenvalue weighted by Crippen LogP contribution is 2.33. The van der Waals surface area contributed by atoms with E-state index in [4.69, 9.17) is 14.6 Å². The molecule has 82 valence electrons. The first kappa shape index (κ1) is 12.1. The van der Waals surface area contributed by atoms with Crippen LogP contribution in [0.1, 0.15) is 17.3 Å². The van der Waals surface area contributed by atoms with Crippen LogP contribution in [0.4, 0.5) is 0 Å². The second kappa shape index (κ2) is 5.20. The van der Waals surface area contributed by atoms with E-state index in [-0.39, 0.29) is 11.3 Å². The smallest absolute Gasteiger partial charge is 0.339 e. The summed E-state index contributed by atoms with van der Waals surface area (Å²) in [5.74, 6) is -0.291. The molecule has 0 aliphatic heterocycles. The third-order valence-corrected chi connectivity index (χ3v) is 2.38. The van der Waals surface area contributed by atoms with Gasteiger partial charge >= 0.3 is 5.97 Å². The lowest BCUT2D eigenvalue weighted by Gasteiger charge is -2.12. The van der Waals surface area contributed by atoms with Crippen LogP contribution in [0.15, 0.2) is 12.1 Å². The molecule has 0 saturated carbocycles. The molecule has 0 fully saturated rings. The number of hydrogen-bond acceptors (Lipinski definition) is 3. The van der Waals surface area contributed by atoms with Crippen molar-refractivity contribution in [2.45, 2.75) is 6.92 Å². The van der Waals surface area contributed by atoms with E-state index in [1.54, 1.807) is 12.1 Å². The first-order chi connectivity index (χ1) is 7.10. The van der Waals surface area contributed by atoms with Gasteiger partial charge < -0.3 is 14.6 Å². The van der Waals surface area contributed by atoms with Crippen molar-refractivity contribution >= 4 is 28.6 Å². The van der Waals surface area contributed by atoms with Gasteiger partial charge in [-0.3, -0.25) is 0 Å². The number of benzene rings is 1. The van der Waals surface area contributed by atoms with Crippen LogP contribution >= 0.6 is 22.6 Å². The Morgan fingerprint density at radius 3 is 2.67 bits per heavy atom. The molecular weight excluding hydrogens is 311 g/mol. The van der Waals surface area contributed by atoms with E-state index in [2.05, 4.69) is 0 Å². The maximum Gasteiger partial charge on any atom is 0.339 e. The number of rotatable bonds is 4. The van der Waals surface area contributed by atoms with E-state index in [9.17, 15) is 4.79 Å². The largest absolute Gasteiger partial charge is 0.492 e. The van der Waals surface area contributed by atoms with Crippen molar-refractivity contribution in [2.75, 3.05) is 13.7 Å². The Balaban J connectivity index is 3.31. The van der Waals surface area contributed by atoms with Crippen LogP contribution in [0.3, 0.4) is 0 Å². The van der Waals surface area contributed by atoms with Crippen LogP contribution in [-0.2, 0) is 0 Å². The van der Waals surface area contributed by atoms with E-state index >= 15 is 0 Å². The van der Waals surface area contributed by atoms with Crippen molar-refractivity contribution < 1.29 is 19.4 Å². The van der Waals surface area contributed by atoms with Crippen molar-refractivity contribution in [3.63, 3.8) is 0 Å². The number of carboxylic acid groups (broad SMARTS) is 1. The number of hydrogen-bond donors (Lipinski definition) is 1. The topological polar surface area (TPSA) is 55.8 Å². The van der Waals surface area contributed by atoms with Gasteiger partial charge in [-0.2, -0.15) is 0 Å². The van der Waals surface area contributed by atoms with Crippen LogP contribution in [0.25, 0.3) is 0 Å². The monoisotopic (exact) mass is 322 g/mol. The minimum absolute atomic E-state index is 0.118. The average Bonchev–Trinajstić information content (AvgIpc) is 2.17. The molecule has 1 rings (SSSR count). The summed E-state index contributed by atoms with van der Waals surface area (Å²) in [5.41, 5.74) is 0.118. The molecular formula is C10H11IO4. The molecule has 1 aromatic rings. The van der Waals surface area contributed by atoms with Gasteiger partial charge in [0.15, 0.2) is 11.5 Å². The molecule has 0 bridgehead atoms. The molecule has 0 spiro atoms. The predicted molar refractivity (Wildman–Crippen MR) is 63.8 cm³/mol. The lowest BCUT2D eigenvalue weighted by molar-refractivity contribution is 0.0692. The summed E-state index contributed by atoms with van der Waals surface area (Å²) in [5, 5.41) is 8.97. The van der Waals surface area contributed by atoms with Crippen molar-refractivity contribution in [1.82, 2.24) is 0 Å². The van der Waals surface area contributed by atoms with Crippen LogP contribution in [-0.4, -0.2) is 24.8 Å². The van der Waals surface area contributed by atoms with Gasteiger partial charge in [-0.15, -0.1) is 0 Å². The Bertz CT molecular complexity index is 376. The van der Waals surface area contributed by atoms with Gasteiger partial charge in [-0.1, -0.05) is 0 Å². The summed E-state index contributed by atoms with van der Waals surface area (Å²) in [6.07, 6.45) is 0. The molecule has 0 aromatic heterocycles. The molecule has 0 heterocycles. The predicted octanol–water partition coefficient (Wildman–Crippen LogP) is 2.40. The molecule has 0 aliphatic rings. The maximum atomic E-state index is 11.0. The van der Waals surface area contributed by atoms with Gasteiger partial charge in [-0.25, -0.2) is 4.79 Å². The molecule has 4 nitrogen and oxygen atoms in total.